The number of ether oxygens (including phenoxy) is 1. The van der Waals surface area contributed by atoms with Crippen LogP contribution < -0.4 is 10.1 Å². The van der Waals surface area contributed by atoms with E-state index in [9.17, 15) is 9.18 Å². The second-order valence-corrected chi connectivity index (χ2v) is 5.87. The van der Waals surface area contributed by atoms with Crippen LogP contribution in [0.2, 0.25) is 0 Å². The highest BCUT2D eigenvalue weighted by atomic mass is 19.1. The predicted molar refractivity (Wildman–Crippen MR) is 89.0 cm³/mol. The number of benzene rings is 2. The number of nitrogens with one attached hydrogen (secondary N) is 1. The molecule has 2 rings (SSSR count). The van der Waals surface area contributed by atoms with Crippen molar-refractivity contribution in [2.45, 2.75) is 39.8 Å². The maximum absolute atomic E-state index is 12.9. The molecule has 1 N–H and O–H groups in total. The number of halogens is 1. The van der Waals surface area contributed by atoms with E-state index in [2.05, 4.69) is 5.32 Å². The summed E-state index contributed by atoms with van der Waals surface area (Å²) in [5, 5.41) is 2.88. The minimum atomic E-state index is -0.612. The molecule has 0 radical (unpaired) electrons. The van der Waals surface area contributed by atoms with Gasteiger partial charge >= 0.3 is 0 Å². The van der Waals surface area contributed by atoms with Gasteiger partial charge < -0.3 is 10.1 Å². The SMILES string of the molecule is Cc1cc(C)cc(O[C@@H](C)C(=O)N[C@H](C)c2ccc(F)cc2)c1. The molecular weight excluding hydrogens is 293 g/mol. The Labute approximate surface area is 136 Å². The molecule has 0 fully saturated rings. The standard InChI is InChI=1S/C19H22FNO2/c1-12-9-13(2)11-18(10-12)23-15(4)19(22)21-14(3)16-5-7-17(20)8-6-16/h5-11,14-15H,1-4H3,(H,21,22)/t14-,15+/m1/s1. The van der Waals surface area contributed by atoms with Crippen LogP contribution >= 0.6 is 0 Å². The van der Waals surface area contributed by atoms with Crippen LogP contribution in [0.4, 0.5) is 4.39 Å². The molecule has 0 heterocycles. The molecule has 1 amide bonds. The van der Waals surface area contributed by atoms with Crippen molar-refractivity contribution in [1.82, 2.24) is 5.32 Å². The van der Waals surface area contributed by atoms with Gasteiger partial charge in [0.1, 0.15) is 11.6 Å². The van der Waals surface area contributed by atoms with E-state index in [0.717, 1.165) is 16.7 Å². The topological polar surface area (TPSA) is 38.3 Å². The van der Waals surface area contributed by atoms with Crippen LogP contribution in [-0.2, 0) is 4.79 Å². The number of rotatable bonds is 5. The lowest BCUT2D eigenvalue weighted by molar-refractivity contribution is -0.127. The molecule has 2 aromatic carbocycles. The normalized spacial score (nSPS) is 13.3. The molecule has 0 saturated heterocycles. The van der Waals surface area contributed by atoms with E-state index in [0.29, 0.717) is 5.75 Å². The van der Waals surface area contributed by atoms with Crippen LogP contribution in [0.1, 0.15) is 36.6 Å². The Morgan fingerprint density at radius 2 is 1.61 bits per heavy atom. The lowest BCUT2D eigenvalue weighted by atomic mass is 10.1. The summed E-state index contributed by atoms with van der Waals surface area (Å²) >= 11 is 0. The molecule has 4 heteroatoms. The molecule has 0 aliphatic heterocycles. The third-order valence-corrected chi connectivity index (χ3v) is 3.61. The zero-order valence-electron chi connectivity index (χ0n) is 13.9. The van der Waals surface area contributed by atoms with Crippen molar-refractivity contribution < 1.29 is 13.9 Å². The van der Waals surface area contributed by atoms with Crippen LogP contribution in [0.5, 0.6) is 5.75 Å². The van der Waals surface area contributed by atoms with Gasteiger partial charge in [-0.25, -0.2) is 4.39 Å². The zero-order chi connectivity index (χ0) is 17.0. The first kappa shape index (κ1) is 17.0. The smallest absolute Gasteiger partial charge is 0.261 e. The van der Waals surface area contributed by atoms with Gasteiger partial charge in [-0.3, -0.25) is 4.79 Å². The van der Waals surface area contributed by atoms with Gasteiger partial charge in [0, 0.05) is 0 Å². The minimum absolute atomic E-state index is 0.207. The summed E-state index contributed by atoms with van der Waals surface area (Å²) in [5.74, 6) is 0.180. The fraction of sp³-hybridized carbons (Fsp3) is 0.316. The molecule has 0 saturated carbocycles. The molecule has 0 spiro atoms. The fourth-order valence-electron chi connectivity index (χ4n) is 2.42. The Bertz CT molecular complexity index is 662. The third kappa shape index (κ3) is 4.81. The summed E-state index contributed by atoms with van der Waals surface area (Å²) in [6.07, 6.45) is -0.612. The maximum Gasteiger partial charge on any atom is 0.261 e. The second-order valence-electron chi connectivity index (χ2n) is 5.87. The average Bonchev–Trinajstić information content (AvgIpc) is 2.46. The molecule has 0 bridgehead atoms. The molecule has 2 atom stereocenters. The zero-order valence-corrected chi connectivity index (χ0v) is 13.9. The summed E-state index contributed by atoms with van der Waals surface area (Å²) in [6.45, 7) is 7.54. The minimum Gasteiger partial charge on any atom is -0.481 e. The lowest BCUT2D eigenvalue weighted by Crippen LogP contribution is -2.37. The van der Waals surface area contributed by atoms with Crippen molar-refractivity contribution in [3.05, 3.63) is 65.0 Å². The van der Waals surface area contributed by atoms with E-state index in [-0.39, 0.29) is 17.8 Å². The van der Waals surface area contributed by atoms with Crippen LogP contribution in [0.3, 0.4) is 0 Å². The quantitative estimate of drug-likeness (QED) is 0.902. The summed E-state index contributed by atoms with van der Waals surface area (Å²) in [5.41, 5.74) is 3.03. The van der Waals surface area contributed by atoms with Gasteiger partial charge in [0.15, 0.2) is 6.10 Å². The average molecular weight is 315 g/mol. The third-order valence-electron chi connectivity index (χ3n) is 3.61. The van der Waals surface area contributed by atoms with Gasteiger partial charge in [0.25, 0.3) is 5.91 Å². The van der Waals surface area contributed by atoms with Crippen molar-refractivity contribution in [2.75, 3.05) is 0 Å². The summed E-state index contributed by atoms with van der Waals surface area (Å²) < 4.78 is 18.7. The molecule has 0 aliphatic rings. The molecular formula is C19H22FNO2. The van der Waals surface area contributed by atoms with Gasteiger partial charge in [-0.05, 0) is 68.7 Å². The predicted octanol–water partition coefficient (Wildman–Crippen LogP) is 4.09. The van der Waals surface area contributed by atoms with Gasteiger partial charge in [-0.2, -0.15) is 0 Å². The summed E-state index contributed by atoms with van der Waals surface area (Å²) in [7, 11) is 0. The van der Waals surface area contributed by atoms with E-state index in [1.807, 2.05) is 39.0 Å². The van der Waals surface area contributed by atoms with Gasteiger partial charge in [-0.1, -0.05) is 18.2 Å². The Hall–Kier alpha value is -2.36. The first-order valence-corrected chi connectivity index (χ1v) is 7.66. The molecule has 2 aromatic rings. The van der Waals surface area contributed by atoms with Crippen molar-refractivity contribution in [1.29, 1.82) is 0 Å². The lowest BCUT2D eigenvalue weighted by Gasteiger charge is -2.19. The second kappa shape index (κ2) is 7.27. The van der Waals surface area contributed by atoms with Crippen LogP contribution in [0.25, 0.3) is 0 Å². The molecule has 0 aromatic heterocycles. The fourth-order valence-corrected chi connectivity index (χ4v) is 2.42. The number of carbonyl (C=O) groups is 1. The van der Waals surface area contributed by atoms with Crippen molar-refractivity contribution in [3.8, 4) is 5.75 Å². The molecule has 0 unspecified atom stereocenters. The number of amides is 1. The Morgan fingerprint density at radius 1 is 1.04 bits per heavy atom. The first-order valence-electron chi connectivity index (χ1n) is 7.66. The van der Waals surface area contributed by atoms with Crippen LogP contribution in [0.15, 0.2) is 42.5 Å². The highest BCUT2D eigenvalue weighted by Crippen LogP contribution is 2.18. The summed E-state index contributed by atoms with van der Waals surface area (Å²) in [4.78, 5) is 12.3. The Kier molecular flexibility index (Phi) is 5.37. The maximum atomic E-state index is 12.9. The van der Waals surface area contributed by atoms with E-state index < -0.39 is 6.10 Å². The van der Waals surface area contributed by atoms with Gasteiger partial charge in [-0.15, -0.1) is 0 Å². The van der Waals surface area contributed by atoms with Crippen LogP contribution in [0, 0.1) is 19.7 Å². The molecule has 0 aliphatic carbocycles. The Balaban J connectivity index is 1.97. The number of hydrogen-bond donors (Lipinski definition) is 1. The summed E-state index contributed by atoms with van der Waals surface area (Å²) in [6, 6.07) is 11.7. The van der Waals surface area contributed by atoms with Crippen molar-refractivity contribution in [3.63, 3.8) is 0 Å². The number of hydrogen-bond acceptors (Lipinski definition) is 2. The molecule has 3 nitrogen and oxygen atoms in total. The highest BCUT2D eigenvalue weighted by Gasteiger charge is 2.18. The highest BCUT2D eigenvalue weighted by molar-refractivity contribution is 5.81. The molecule has 23 heavy (non-hydrogen) atoms. The molecule has 122 valence electrons. The van der Waals surface area contributed by atoms with Crippen molar-refractivity contribution >= 4 is 5.91 Å². The first-order chi connectivity index (χ1) is 10.8. The number of carbonyl (C=O) groups excluding carboxylic acids is 1. The van der Waals surface area contributed by atoms with Crippen LogP contribution in [-0.4, -0.2) is 12.0 Å². The Morgan fingerprint density at radius 3 is 2.17 bits per heavy atom. The van der Waals surface area contributed by atoms with E-state index in [1.54, 1.807) is 19.1 Å². The van der Waals surface area contributed by atoms with E-state index in [1.165, 1.54) is 12.1 Å². The van der Waals surface area contributed by atoms with E-state index in [4.69, 9.17) is 4.74 Å². The van der Waals surface area contributed by atoms with Gasteiger partial charge in [0.05, 0.1) is 6.04 Å². The van der Waals surface area contributed by atoms with Crippen molar-refractivity contribution in [2.24, 2.45) is 0 Å². The number of aryl methyl sites for hydroxylation is 2. The van der Waals surface area contributed by atoms with Gasteiger partial charge in [0.2, 0.25) is 0 Å². The largest absolute Gasteiger partial charge is 0.481 e. The van der Waals surface area contributed by atoms with E-state index >= 15 is 0 Å². The monoisotopic (exact) mass is 315 g/mol.